The maximum Gasteiger partial charge on any atom is 0.232 e. The number of nitrogens with two attached hydrogens (primary N) is 1. The summed E-state index contributed by atoms with van der Waals surface area (Å²) in [7, 11) is 0. The minimum atomic E-state index is -0.937. The van der Waals surface area contributed by atoms with Gasteiger partial charge in [0.1, 0.15) is 5.69 Å². The Morgan fingerprint density at radius 1 is 1.22 bits per heavy atom. The molecule has 186 valence electrons. The molecule has 1 fully saturated rings. The molecule has 1 amide bonds. The molecule has 2 aliphatic rings. The molecule has 2 aliphatic heterocycles. The minimum absolute atomic E-state index is 0.0305. The normalized spacial score (nSPS) is 24.6. The molecule has 2 aromatic carbocycles. The fourth-order valence-corrected chi connectivity index (χ4v) is 5.49. The number of ether oxygens (including phenoxy) is 1. The number of nitrogens with zero attached hydrogens (tertiary/aromatic N) is 4. The molecule has 8 nitrogen and oxygen atoms in total. The lowest BCUT2D eigenvalue weighted by Gasteiger charge is -2.41. The fraction of sp³-hybridized carbons (Fsp3) is 0.370. The Morgan fingerprint density at radius 3 is 2.75 bits per heavy atom. The zero-order chi connectivity index (χ0) is 25.4. The Balaban J connectivity index is 1.41. The quantitative estimate of drug-likeness (QED) is 0.524. The summed E-state index contributed by atoms with van der Waals surface area (Å²) in [4.78, 5) is 41.5. The van der Waals surface area contributed by atoms with Crippen molar-refractivity contribution in [2.75, 3.05) is 6.61 Å². The summed E-state index contributed by atoms with van der Waals surface area (Å²) in [5, 5.41) is 0.402. The van der Waals surface area contributed by atoms with E-state index in [1.54, 1.807) is 11.0 Å². The molecular weight excluding hydrogens is 478 g/mol. The number of rotatable bonds is 5. The van der Waals surface area contributed by atoms with Crippen molar-refractivity contribution in [2.24, 2.45) is 10.7 Å². The van der Waals surface area contributed by atoms with Crippen LogP contribution in [0.5, 0.6) is 0 Å². The number of benzene rings is 2. The van der Waals surface area contributed by atoms with Crippen molar-refractivity contribution in [1.29, 1.82) is 0 Å². The number of fused-ring (bicyclic) bond motifs is 1. The predicted molar refractivity (Wildman–Crippen MR) is 138 cm³/mol. The summed E-state index contributed by atoms with van der Waals surface area (Å²) in [6.07, 6.45) is 3.17. The molecule has 0 aliphatic carbocycles. The van der Waals surface area contributed by atoms with Gasteiger partial charge in [-0.25, -0.2) is 9.98 Å². The third kappa shape index (κ3) is 4.58. The molecule has 0 saturated carbocycles. The van der Waals surface area contributed by atoms with Crippen molar-refractivity contribution in [3.8, 4) is 0 Å². The van der Waals surface area contributed by atoms with Crippen molar-refractivity contribution in [3.63, 3.8) is 0 Å². The third-order valence-corrected chi connectivity index (χ3v) is 7.39. The number of Topliss-reactive ketones (excluding diaryl/α,β-unsaturated/α-hetero) is 1. The Labute approximate surface area is 214 Å². The van der Waals surface area contributed by atoms with Gasteiger partial charge in [-0.1, -0.05) is 41.9 Å². The number of hydrogen-bond acceptors (Lipinski definition) is 7. The van der Waals surface area contributed by atoms with E-state index in [9.17, 15) is 9.59 Å². The smallest absolute Gasteiger partial charge is 0.232 e. The molecule has 2 N–H and O–H groups in total. The van der Waals surface area contributed by atoms with Gasteiger partial charge in [0.2, 0.25) is 5.91 Å². The highest BCUT2D eigenvalue weighted by molar-refractivity contribution is 6.32. The lowest BCUT2D eigenvalue weighted by Crippen LogP contribution is -2.56. The first kappa shape index (κ1) is 24.3. The zero-order valence-electron chi connectivity index (χ0n) is 20.3. The van der Waals surface area contributed by atoms with Crippen LogP contribution in [-0.4, -0.2) is 51.3 Å². The molecule has 0 spiro atoms. The number of hydrogen-bond donors (Lipinski definition) is 1. The Morgan fingerprint density at radius 2 is 2.00 bits per heavy atom. The Bertz CT molecular complexity index is 1380. The summed E-state index contributed by atoms with van der Waals surface area (Å²) >= 11 is 6.82. The van der Waals surface area contributed by atoms with Gasteiger partial charge in [-0.15, -0.1) is 0 Å². The van der Waals surface area contributed by atoms with Crippen molar-refractivity contribution in [3.05, 3.63) is 70.5 Å². The third-order valence-electron chi connectivity index (χ3n) is 6.94. The van der Waals surface area contributed by atoms with Gasteiger partial charge in [0.25, 0.3) is 0 Å². The van der Waals surface area contributed by atoms with Crippen molar-refractivity contribution < 1.29 is 14.3 Å². The second-order valence-corrected chi connectivity index (χ2v) is 10.0. The number of guanidine groups is 1. The van der Waals surface area contributed by atoms with Crippen LogP contribution in [0, 0.1) is 0 Å². The van der Waals surface area contributed by atoms with E-state index in [4.69, 9.17) is 27.1 Å². The Hall–Kier alpha value is -3.36. The van der Waals surface area contributed by atoms with Crippen LogP contribution < -0.4 is 5.73 Å². The second-order valence-electron chi connectivity index (χ2n) is 9.67. The first-order chi connectivity index (χ1) is 17.2. The van der Waals surface area contributed by atoms with Crippen molar-refractivity contribution in [1.82, 2.24) is 14.9 Å². The van der Waals surface area contributed by atoms with Gasteiger partial charge in [-0.2, -0.15) is 0 Å². The van der Waals surface area contributed by atoms with Crippen LogP contribution in [0.1, 0.15) is 54.7 Å². The van der Waals surface area contributed by atoms with Crippen LogP contribution in [0.3, 0.4) is 0 Å². The molecule has 36 heavy (non-hydrogen) atoms. The van der Waals surface area contributed by atoms with Crippen LogP contribution in [-0.2, 0) is 21.5 Å². The summed E-state index contributed by atoms with van der Waals surface area (Å²) in [5.41, 5.74) is 8.37. The van der Waals surface area contributed by atoms with Crippen LogP contribution in [0.2, 0.25) is 5.02 Å². The van der Waals surface area contributed by atoms with Crippen LogP contribution in [0.4, 0.5) is 0 Å². The van der Waals surface area contributed by atoms with E-state index in [1.807, 2.05) is 50.2 Å². The van der Waals surface area contributed by atoms with Crippen LogP contribution in [0.15, 0.2) is 53.7 Å². The minimum Gasteiger partial charge on any atom is -0.378 e. The number of halogens is 1. The SMILES string of the molecule is C[C@@H]1C[C@H](N2C(=O)C[C@@](C)(c3cccc(CC(=O)c4cnc5ccccc5n4)c3Cl)N=C2N)CCO1. The molecular formula is C27H28ClN5O3. The molecule has 0 radical (unpaired) electrons. The number of carbonyl (C=O) groups excluding carboxylic acids is 2. The average molecular weight is 506 g/mol. The number of aromatic nitrogens is 2. The maximum absolute atomic E-state index is 13.3. The van der Waals surface area contributed by atoms with Gasteiger partial charge in [0.15, 0.2) is 11.7 Å². The predicted octanol–water partition coefficient (Wildman–Crippen LogP) is 4.04. The standard InChI is InChI=1S/C27H28ClN5O3/c1-16-12-18(10-11-36-16)33-24(35)14-27(2,32-26(33)29)19-7-5-6-17(25(19)28)13-23(34)22-15-30-20-8-3-4-9-21(20)31-22/h3-9,15-16,18H,10-14H2,1-2H3,(H2,29,32)/t16-,18-,27+/m1/s1. The lowest BCUT2D eigenvalue weighted by molar-refractivity contribution is -0.133. The van der Waals surface area contributed by atoms with Gasteiger partial charge < -0.3 is 10.5 Å². The summed E-state index contributed by atoms with van der Waals surface area (Å²) < 4.78 is 5.62. The lowest BCUT2D eigenvalue weighted by atomic mass is 9.85. The van der Waals surface area contributed by atoms with E-state index in [-0.39, 0.29) is 48.3 Å². The van der Waals surface area contributed by atoms with Crippen molar-refractivity contribution >= 4 is 40.3 Å². The van der Waals surface area contributed by atoms with Crippen molar-refractivity contribution in [2.45, 2.75) is 57.2 Å². The van der Waals surface area contributed by atoms with Gasteiger partial charge in [0, 0.05) is 24.1 Å². The van der Waals surface area contributed by atoms with Gasteiger partial charge in [0.05, 0.1) is 35.3 Å². The van der Waals surface area contributed by atoms with Crippen LogP contribution >= 0.6 is 11.6 Å². The molecule has 0 bridgehead atoms. The van der Waals surface area contributed by atoms with E-state index in [2.05, 4.69) is 9.97 Å². The average Bonchev–Trinajstić information content (AvgIpc) is 2.84. The highest BCUT2D eigenvalue weighted by Gasteiger charge is 2.42. The first-order valence-electron chi connectivity index (χ1n) is 12.1. The molecule has 1 saturated heterocycles. The van der Waals surface area contributed by atoms with Gasteiger partial charge in [-0.3, -0.25) is 19.5 Å². The van der Waals surface area contributed by atoms with E-state index < -0.39 is 5.54 Å². The molecule has 5 rings (SSSR count). The molecule has 3 aromatic rings. The Kier molecular flexibility index (Phi) is 6.49. The first-order valence-corrected chi connectivity index (χ1v) is 12.4. The molecule has 3 atom stereocenters. The van der Waals surface area contributed by atoms with E-state index in [0.29, 0.717) is 34.7 Å². The van der Waals surface area contributed by atoms with E-state index in [1.165, 1.54) is 6.20 Å². The summed E-state index contributed by atoms with van der Waals surface area (Å²) in [6, 6.07) is 12.8. The number of aliphatic imine (C=N–C) groups is 1. The van der Waals surface area contributed by atoms with Crippen LogP contribution in [0.25, 0.3) is 11.0 Å². The molecule has 9 heteroatoms. The topological polar surface area (TPSA) is 111 Å². The number of ketones is 1. The highest BCUT2D eigenvalue weighted by Crippen LogP contribution is 2.39. The van der Waals surface area contributed by atoms with E-state index in [0.717, 1.165) is 11.9 Å². The monoisotopic (exact) mass is 505 g/mol. The highest BCUT2D eigenvalue weighted by atomic mass is 35.5. The largest absolute Gasteiger partial charge is 0.378 e. The summed E-state index contributed by atoms with van der Waals surface area (Å²) in [6.45, 7) is 4.43. The van der Waals surface area contributed by atoms with E-state index >= 15 is 0 Å². The second kappa shape index (κ2) is 9.59. The van der Waals surface area contributed by atoms with Gasteiger partial charge in [-0.05, 0) is 49.9 Å². The number of amides is 1. The maximum atomic E-state index is 13.3. The number of carbonyl (C=O) groups is 2. The number of para-hydroxylation sites is 2. The molecule has 1 aromatic heterocycles. The fourth-order valence-electron chi connectivity index (χ4n) is 5.10. The summed E-state index contributed by atoms with van der Waals surface area (Å²) in [5.74, 6) is -0.0927. The van der Waals surface area contributed by atoms with Gasteiger partial charge >= 0.3 is 0 Å². The molecule has 0 unspecified atom stereocenters. The molecule has 3 heterocycles. The zero-order valence-corrected chi connectivity index (χ0v) is 21.0.